The van der Waals surface area contributed by atoms with Gasteiger partial charge in [0.25, 0.3) is 5.91 Å². The van der Waals surface area contributed by atoms with Crippen LogP contribution in [0.2, 0.25) is 0 Å². The third kappa shape index (κ3) is 3.15. The Morgan fingerprint density at radius 3 is 2.25 bits per heavy atom. The predicted molar refractivity (Wildman–Crippen MR) is 59.8 cm³/mol. The number of ketones is 1. The average molecular weight is 223 g/mol. The summed E-state index contributed by atoms with van der Waals surface area (Å²) in [5.74, 6) is -2.10. The van der Waals surface area contributed by atoms with Crippen LogP contribution < -0.4 is 5.32 Å². The third-order valence-corrected chi connectivity index (χ3v) is 2.09. The summed E-state index contributed by atoms with van der Waals surface area (Å²) in [6.45, 7) is 3.12. The molecule has 0 saturated carbocycles. The van der Waals surface area contributed by atoms with E-state index in [9.17, 15) is 14.0 Å². The van der Waals surface area contributed by atoms with Gasteiger partial charge in [0.15, 0.2) is 5.78 Å². The summed E-state index contributed by atoms with van der Waals surface area (Å²) < 4.78 is 13.4. The minimum atomic E-state index is -2.10. The van der Waals surface area contributed by atoms with Crippen LogP contribution in [0.25, 0.3) is 0 Å². The highest BCUT2D eigenvalue weighted by atomic mass is 19.1. The largest absolute Gasteiger partial charge is 0.323 e. The van der Waals surface area contributed by atoms with Crippen molar-refractivity contribution in [3.8, 4) is 0 Å². The zero-order valence-corrected chi connectivity index (χ0v) is 9.24. The Balaban J connectivity index is 2.63. The van der Waals surface area contributed by atoms with E-state index in [1.165, 1.54) is 0 Å². The first kappa shape index (κ1) is 12.4. The van der Waals surface area contributed by atoms with E-state index in [0.29, 0.717) is 5.69 Å². The summed E-state index contributed by atoms with van der Waals surface area (Å²) in [5.41, 5.74) is 0.478. The molecule has 3 nitrogen and oxygen atoms in total. The highest BCUT2D eigenvalue weighted by Crippen LogP contribution is 2.09. The van der Waals surface area contributed by atoms with Gasteiger partial charge in [-0.05, 0) is 12.1 Å². The Morgan fingerprint density at radius 1 is 1.19 bits per heavy atom. The summed E-state index contributed by atoms with van der Waals surface area (Å²) in [6, 6.07) is 8.47. The van der Waals surface area contributed by atoms with Crippen molar-refractivity contribution in [2.75, 3.05) is 5.32 Å². The molecule has 0 radical (unpaired) electrons. The number of carbonyl (C=O) groups excluding carboxylic acids is 2. The fourth-order valence-electron chi connectivity index (χ4n) is 1.15. The van der Waals surface area contributed by atoms with E-state index in [1.807, 2.05) is 0 Å². The molecule has 0 aromatic heterocycles. The molecule has 1 N–H and O–H groups in total. The monoisotopic (exact) mass is 223 g/mol. The van der Waals surface area contributed by atoms with Crippen molar-refractivity contribution in [2.24, 2.45) is 5.92 Å². The van der Waals surface area contributed by atoms with Gasteiger partial charge in [0.2, 0.25) is 6.17 Å². The van der Waals surface area contributed by atoms with Crippen molar-refractivity contribution >= 4 is 17.4 Å². The van der Waals surface area contributed by atoms with Crippen LogP contribution in [0.1, 0.15) is 13.8 Å². The topological polar surface area (TPSA) is 46.2 Å². The Bertz CT molecular complexity index is 376. The SMILES string of the molecule is CC(C)C(=O)[C@H](F)C(=O)Nc1ccccc1. The molecule has 1 amide bonds. The number of hydrogen-bond donors (Lipinski definition) is 1. The molecule has 0 fully saturated rings. The molecule has 1 aromatic carbocycles. The first-order valence-corrected chi connectivity index (χ1v) is 5.06. The molecule has 1 rings (SSSR count). The van der Waals surface area contributed by atoms with Crippen LogP contribution in [0.5, 0.6) is 0 Å². The molecule has 0 bridgehead atoms. The summed E-state index contributed by atoms with van der Waals surface area (Å²) in [5, 5.41) is 2.34. The molecule has 0 spiro atoms. The molecular formula is C12H14FNO2. The van der Waals surface area contributed by atoms with Crippen LogP contribution in [0, 0.1) is 5.92 Å². The standard InChI is InChI=1S/C12H14FNO2/c1-8(2)11(15)10(13)12(16)14-9-6-4-3-5-7-9/h3-8,10H,1-2H3,(H,14,16)/t10-/m0/s1. The van der Waals surface area contributed by atoms with Gasteiger partial charge in [-0.2, -0.15) is 0 Å². The second kappa shape index (κ2) is 5.39. The number of benzene rings is 1. The third-order valence-electron chi connectivity index (χ3n) is 2.09. The maximum atomic E-state index is 13.4. The number of para-hydroxylation sites is 1. The average Bonchev–Trinajstić information content (AvgIpc) is 2.28. The van der Waals surface area contributed by atoms with E-state index in [0.717, 1.165) is 0 Å². The fourth-order valence-corrected chi connectivity index (χ4v) is 1.15. The van der Waals surface area contributed by atoms with Crippen LogP contribution >= 0.6 is 0 Å². The van der Waals surface area contributed by atoms with Gasteiger partial charge in [-0.25, -0.2) is 4.39 Å². The number of alkyl halides is 1. The maximum absolute atomic E-state index is 13.4. The summed E-state index contributed by atoms with van der Waals surface area (Å²) in [4.78, 5) is 22.6. The molecule has 1 atom stereocenters. The molecule has 86 valence electrons. The molecule has 0 saturated heterocycles. The Morgan fingerprint density at radius 2 is 1.75 bits per heavy atom. The van der Waals surface area contributed by atoms with Crippen molar-refractivity contribution in [1.29, 1.82) is 0 Å². The normalized spacial score (nSPS) is 12.2. The zero-order valence-electron chi connectivity index (χ0n) is 9.24. The van der Waals surface area contributed by atoms with Gasteiger partial charge >= 0.3 is 0 Å². The van der Waals surface area contributed by atoms with Crippen LogP contribution in [0.15, 0.2) is 30.3 Å². The van der Waals surface area contributed by atoms with Crippen molar-refractivity contribution in [3.63, 3.8) is 0 Å². The molecule has 0 aliphatic carbocycles. The van der Waals surface area contributed by atoms with Gasteiger partial charge in [-0.15, -0.1) is 0 Å². The van der Waals surface area contributed by atoms with Gasteiger partial charge < -0.3 is 5.32 Å². The molecule has 0 aliphatic heterocycles. The Hall–Kier alpha value is -1.71. The Kier molecular flexibility index (Phi) is 4.17. The quantitative estimate of drug-likeness (QED) is 0.795. The summed E-state index contributed by atoms with van der Waals surface area (Å²) >= 11 is 0. The fraction of sp³-hybridized carbons (Fsp3) is 0.333. The van der Waals surface area contributed by atoms with Crippen LogP contribution in [-0.2, 0) is 9.59 Å². The van der Waals surface area contributed by atoms with Crippen LogP contribution in [0.4, 0.5) is 10.1 Å². The number of Topliss-reactive ketones (excluding diaryl/α,β-unsaturated/α-hetero) is 1. The Labute approximate surface area is 93.7 Å². The van der Waals surface area contributed by atoms with Crippen LogP contribution in [-0.4, -0.2) is 17.9 Å². The summed E-state index contributed by atoms with van der Waals surface area (Å²) in [6.07, 6.45) is -2.10. The summed E-state index contributed by atoms with van der Waals surface area (Å²) in [7, 11) is 0. The second-order valence-corrected chi connectivity index (χ2v) is 3.77. The lowest BCUT2D eigenvalue weighted by molar-refractivity contribution is -0.134. The van der Waals surface area contributed by atoms with E-state index >= 15 is 0 Å². The molecular weight excluding hydrogens is 209 g/mol. The van der Waals surface area contributed by atoms with E-state index in [4.69, 9.17) is 0 Å². The maximum Gasteiger partial charge on any atom is 0.266 e. The number of anilines is 1. The van der Waals surface area contributed by atoms with Crippen molar-refractivity contribution in [1.82, 2.24) is 0 Å². The number of carbonyl (C=O) groups is 2. The molecule has 0 unspecified atom stereocenters. The van der Waals surface area contributed by atoms with Gasteiger partial charge in [-0.1, -0.05) is 32.0 Å². The van der Waals surface area contributed by atoms with E-state index in [-0.39, 0.29) is 0 Å². The highest BCUT2D eigenvalue weighted by Gasteiger charge is 2.27. The van der Waals surface area contributed by atoms with Crippen LogP contribution in [0.3, 0.4) is 0 Å². The van der Waals surface area contributed by atoms with Gasteiger partial charge in [0.1, 0.15) is 0 Å². The number of rotatable bonds is 4. The smallest absolute Gasteiger partial charge is 0.266 e. The van der Waals surface area contributed by atoms with E-state index in [1.54, 1.807) is 44.2 Å². The first-order valence-electron chi connectivity index (χ1n) is 5.06. The molecule has 4 heteroatoms. The predicted octanol–water partition coefficient (Wildman–Crippen LogP) is 2.19. The molecule has 0 aliphatic rings. The van der Waals surface area contributed by atoms with Crippen molar-refractivity contribution in [2.45, 2.75) is 20.0 Å². The molecule has 16 heavy (non-hydrogen) atoms. The first-order chi connectivity index (χ1) is 7.52. The number of halogens is 1. The lowest BCUT2D eigenvalue weighted by Crippen LogP contribution is -2.33. The zero-order chi connectivity index (χ0) is 12.1. The number of amides is 1. The second-order valence-electron chi connectivity index (χ2n) is 3.77. The number of nitrogens with one attached hydrogen (secondary N) is 1. The van der Waals surface area contributed by atoms with E-state index < -0.39 is 23.8 Å². The van der Waals surface area contributed by atoms with Gasteiger partial charge in [-0.3, -0.25) is 9.59 Å². The minimum Gasteiger partial charge on any atom is -0.323 e. The van der Waals surface area contributed by atoms with E-state index in [2.05, 4.69) is 5.32 Å². The minimum absolute atomic E-state index is 0.478. The van der Waals surface area contributed by atoms with Crippen molar-refractivity contribution in [3.05, 3.63) is 30.3 Å². The highest BCUT2D eigenvalue weighted by molar-refractivity contribution is 6.10. The van der Waals surface area contributed by atoms with Gasteiger partial charge in [0.05, 0.1) is 0 Å². The van der Waals surface area contributed by atoms with Gasteiger partial charge in [0, 0.05) is 11.6 Å². The number of hydrogen-bond acceptors (Lipinski definition) is 2. The lowest BCUT2D eigenvalue weighted by Gasteiger charge is -2.10. The lowest BCUT2D eigenvalue weighted by atomic mass is 10.0. The molecule has 0 heterocycles. The van der Waals surface area contributed by atoms with Crippen molar-refractivity contribution < 1.29 is 14.0 Å². The molecule has 1 aromatic rings.